The molecule has 9 nitrogen and oxygen atoms in total. The van der Waals surface area contributed by atoms with E-state index in [9.17, 15) is 24.8 Å². The average Bonchev–Trinajstić information content (AvgIpc) is 3.14. The molecule has 2 saturated heterocycles. The second-order valence-electron chi connectivity index (χ2n) is 7.04. The SMILES string of the molecule is O=C(O)N1CCN(C(=O)Cc2ccccc2[N+](=O)[O-])C(CN2CCCC2)C1. The number of carboxylic acid groups (broad SMARTS) is 1. The molecule has 0 saturated carbocycles. The molecule has 2 amide bonds. The monoisotopic (exact) mass is 376 g/mol. The zero-order chi connectivity index (χ0) is 19.4. The molecule has 2 aliphatic heterocycles. The number of likely N-dealkylation sites (tertiary alicyclic amines) is 1. The van der Waals surface area contributed by atoms with Gasteiger partial charge in [-0.15, -0.1) is 0 Å². The zero-order valence-corrected chi connectivity index (χ0v) is 15.1. The normalized spacial score (nSPS) is 20.7. The van der Waals surface area contributed by atoms with Gasteiger partial charge in [-0.3, -0.25) is 14.9 Å². The third kappa shape index (κ3) is 4.54. The largest absolute Gasteiger partial charge is 0.465 e. The van der Waals surface area contributed by atoms with Gasteiger partial charge in [-0.25, -0.2) is 4.79 Å². The van der Waals surface area contributed by atoms with Crippen molar-refractivity contribution in [3.8, 4) is 0 Å². The number of piperazine rings is 1. The highest BCUT2D eigenvalue weighted by molar-refractivity contribution is 5.80. The minimum atomic E-state index is -0.979. The van der Waals surface area contributed by atoms with Crippen molar-refractivity contribution in [3.05, 3.63) is 39.9 Å². The van der Waals surface area contributed by atoms with Crippen LogP contribution in [0, 0.1) is 10.1 Å². The number of amides is 2. The van der Waals surface area contributed by atoms with E-state index in [0.717, 1.165) is 25.9 Å². The quantitative estimate of drug-likeness (QED) is 0.615. The zero-order valence-electron chi connectivity index (χ0n) is 15.1. The van der Waals surface area contributed by atoms with Crippen LogP contribution in [-0.2, 0) is 11.2 Å². The molecule has 2 heterocycles. The average molecular weight is 376 g/mol. The summed E-state index contributed by atoms with van der Waals surface area (Å²) >= 11 is 0. The van der Waals surface area contributed by atoms with Crippen molar-refractivity contribution >= 4 is 17.7 Å². The number of rotatable bonds is 5. The topological polar surface area (TPSA) is 107 Å². The lowest BCUT2D eigenvalue weighted by Gasteiger charge is -2.42. The fourth-order valence-electron chi connectivity index (χ4n) is 3.88. The van der Waals surface area contributed by atoms with Crippen molar-refractivity contribution in [2.75, 3.05) is 39.3 Å². The summed E-state index contributed by atoms with van der Waals surface area (Å²) in [6, 6.07) is 6.02. The number of hydrogen-bond acceptors (Lipinski definition) is 5. The summed E-state index contributed by atoms with van der Waals surface area (Å²) in [5.74, 6) is -0.196. The van der Waals surface area contributed by atoms with Crippen LogP contribution in [0.4, 0.5) is 10.5 Å². The van der Waals surface area contributed by atoms with Crippen LogP contribution in [0.1, 0.15) is 18.4 Å². The summed E-state index contributed by atoms with van der Waals surface area (Å²) in [6.07, 6.45) is 1.19. The molecule has 2 aliphatic rings. The van der Waals surface area contributed by atoms with E-state index in [2.05, 4.69) is 4.90 Å². The van der Waals surface area contributed by atoms with Crippen LogP contribution >= 0.6 is 0 Å². The van der Waals surface area contributed by atoms with Gasteiger partial charge in [0.05, 0.1) is 17.4 Å². The molecule has 1 aromatic rings. The van der Waals surface area contributed by atoms with Gasteiger partial charge in [0.2, 0.25) is 5.91 Å². The van der Waals surface area contributed by atoms with Crippen LogP contribution in [0.25, 0.3) is 0 Å². The Balaban J connectivity index is 1.74. The first-order chi connectivity index (χ1) is 13.0. The molecule has 0 radical (unpaired) electrons. The van der Waals surface area contributed by atoms with Gasteiger partial charge in [-0.2, -0.15) is 0 Å². The number of carbonyl (C=O) groups excluding carboxylic acids is 1. The predicted molar refractivity (Wildman–Crippen MR) is 97.6 cm³/mol. The fraction of sp³-hybridized carbons (Fsp3) is 0.556. The summed E-state index contributed by atoms with van der Waals surface area (Å²) < 4.78 is 0. The minimum Gasteiger partial charge on any atom is -0.465 e. The third-order valence-electron chi connectivity index (χ3n) is 5.27. The highest BCUT2D eigenvalue weighted by atomic mass is 16.6. The smallest absolute Gasteiger partial charge is 0.407 e. The molecule has 1 N–H and O–H groups in total. The second-order valence-corrected chi connectivity index (χ2v) is 7.04. The summed E-state index contributed by atoms with van der Waals surface area (Å²) in [4.78, 5) is 40.3. The molecule has 1 unspecified atom stereocenters. The van der Waals surface area contributed by atoms with E-state index in [1.165, 1.54) is 11.0 Å². The number of carbonyl (C=O) groups is 2. The summed E-state index contributed by atoms with van der Waals surface area (Å²) in [6.45, 7) is 3.38. The molecule has 0 aromatic heterocycles. The predicted octanol–water partition coefficient (Wildman–Crippen LogP) is 1.42. The van der Waals surface area contributed by atoms with E-state index in [0.29, 0.717) is 18.7 Å². The highest BCUT2D eigenvalue weighted by Gasteiger charge is 2.34. The Morgan fingerprint density at radius 1 is 1.15 bits per heavy atom. The molecule has 1 aromatic carbocycles. The van der Waals surface area contributed by atoms with Gasteiger partial charge in [0.1, 0.15) is 0 Å². The molecule has 0 bridgehead atoms. The van der Waals surface area contributed by atoms with Crippen LogP contribution < -0.4 is 0 Å². The highest BCUT2D eigenvalue weighted by Crippen LogP contribution is 2.21. The van der Waals surface area contributed by atoms with E-state index in [1.807, 2.05) is 0 Å². The van der Waals surface area contributed by atoms with Gasteiger partial charge >= 0.3 is 6.09 Å². The van der Waals surface area contributed by atoms with E-state index >= 15 is 0 Å². The number of para-hydroxylation sites is 1. The van der Waals surface area contributed by atoms with Gasteiger partial charge in [0.25, 0.3) is 5.69 Å². The van der Waals surface area contributed by atoms with E-state index < -0.39 is 11.0 Å². The molecular formula is C18H24N4O5. The van der Waals surface area contributed by atoms with Crippen molar-refractivity contribution < 1.29 is 19.6 Å². The van der Waals surface area contributed by atoms with Crippen LogP contribution in [0.2, 0.25) is 0 Å². The first kappa shape index (κ1) is 19.1. The number of benzene rings is 1. The Bertz CT molecular complexity index is 719. The molecule has 27 heavy (non-hydrogen) atoms. The molecule has 9 heteroatoms. The number of nitro groups is 1. The number of hydrogen-bond donors (Lipinski definition) is 1. The van der Waals surface area contributed by atoms with Crippen molar-refractivity contribution in [1.82, 2.24) is 14.7 Å². The summed E-state index contributed by atoms with van der Waals surface area (Å²) in [5.41, 5.74) is 0.319. The second kappa shape index (κ2) is 8.34. The molecule has 146 valence electrons. The molecule has 0 aliphatic carbocycles. The Hall–Kier alpha value is -2.68. The number of nitrogens with zero attached hydrogens (tertiary/aromatic N) is 4. The summed E-state index contributed by atoms with van der Waals surface area (Å²) in [7, 11) is 0. The van der Waals surface area contributed by atoms with Gasteiger partial charge in [0, 0.05) is 37.8 Å². The van der Waals surface area contributed by atoms with Crippen LogP contribution in [0.5, 0.6) is 0 Å². The first-order valence-electron chi connectivity index (χ1n) is 9.17. The van der Waals surface area contributed by atoms with Gasteiger partial charge in [-0.05, 0) is 25.9 Å². The fourth-order valence-corrected chi connectivity index (χ4v) is 3.88. The van der Waals surface area contributed by atoms with E-state index in [4.69, 9.17) is 0 Å². The lowest BCUT2D eigenvalue weighted by molar-refractivity contribution is -0.385. The molecular weight excluding hydrogens is 352 g/mol. The molecule has 2 fully saturated rings. The van der Waals surface area contributed by atoms with Crippen LogP contribution in [-0.4, -0.2) is 82.0 Å². The van der Waals surface area contributed by atoms with Crippen molar-refractivity contribution in [3.63, 3.8) is 0 Å². The summed E-state index contributed by atoms with van der Waals surface area (Å²) in [5, 5.41) is 20.5. The molecule has 0 spiro atoms. The Labute approximate surface area is 157 Å². The maximum absolute atomic E-state index is 12.9. The maximum atomic E-state index is 12.9. The van der Waals surface area contributed by atoms with E-state index in [1.54, 1.807) is 23.1 Å². The first-order valence-corrected chi connectivity index (χ1v) is 9.17. The molecule has 3 rings (SSSR count). The van der Waals surface area contributed by atoms with E-state index in [-0.39, 0.29) is 37.1 Å². The van der Waals surface area contributed by atoms with Crippen LogP contribution in [0.15, 0.2) is 24.3 Å². The van der Waals surface area contributed by atoms with Gasteiger partial charge in [-0.1, -0.05) is 18.2 Å². The van der Waals surface area contributed by atoms with Crippen LogP contribution in [0.3, 0.4) is 0 Å². The van der Waals surface area contributed by atoms with Crippen molar-refractivity contribution in [2.24, 2.45) is 0 Å². The van der Waals surface area contributed by atoms with Crippen molar-refractivity contribution in [2.45, 2.75) is 25.3 Å². The Morgan fingerprint density at radius 3 is 2.52 bits per heavy atom. The Kier molecular flexibility index (Phi) is 5.90. The number of nitro benzene ring substituents is 1. The lowest BCUT2D eigenvalue weighted by atomic mass is 10.1. The molecule has 1 atom stereocenters. The maximum Gasteiger partial charge on any atom is 0.407 e. The minimum absolute atomic E-state index is 0.0548. The van der Waals surface area contributed by atoms with Gasteiger partial charge < -0.3 is 19.8 Å². The standard InChI is InChI=1S/C18H24N4O5/c23-17(11-14-5-1-2-6-16(14)22(26)27)21-10-9-20(18(24)25)13-15(21)12-19-7-3-4-8-19/h1-2,5-6,15H,3-4,7-13H2,(H,24,25). The lowest BCUT2D eigenvalue weighted by Crippen LogP contribution is -2.59. The van der Waals surface area contributed by atoms with Gasteiger partial charge in [0.15, 0.2) is 0 Å². The van der Waals surface area contributed by atoms with Crippen molar-refractivity contribution in [1.29, 1.82) is 0 Å². The Morgan fingerprint density at radius 2 is 1.85 bits per heavy atom. The third-order valence-corrected chi connectivity index (χ3v) is 5.27.